The Kier molecular flexibility index (Phi) is 4.36. The SMILES string of the molecule is O=S(=O)(c1ccc(CCl)cc1)N(Cc1ccsc1)C1CC1. The molecule has 1 aromatic heterocycles. The molecule has 3 rings (SSSR count). The monoisotopic (exact) mass is 341 g/mol. The van der Waals surface area contributed by atoms with Gasteiger partial charge in [-0.05, 0) is 52.9 Å². The van der Waals surface area contributed by atoms with Gasteiger partial charge in [-0.3, -0.25) is 0 Å². The van der Waals surface area contributed by atoms with Crippen LogP contribution < -0.4 is 0 Å². The number of halogens is 1. The van der Waals surface area contributed by atoms with E-state index < -0.39 is 10.0 Å². The lowest BCUT2D eigenvalue weighted by Crippen LogP contribution is -2.32. The van der Waals surface area contributed by atoms with Crippen LogP contribution in [-0.4, -0.2) is 18.8 Å². The minimum atomic E-state index is -3.44. The first-order chi connectivity index (χ1) is 10.1. The molecular weight excluding hydrogens is 326 g/mol. The molecule has 0 spiro atoms. The van der Waals surface area contributed by atoms with E-state index in [1.807, 2.05) is 16.8 Å². The Bertz CT molecular complexity index is 692. The maximum Gasteiger partial charge on any atom is 0.243 e. The largest absolute Gasteiger partial charge is 0.243 e. The summed E-state index contributed by atoms with van der Waals surface area (Å²) in [5, 5.41) is 3.98. The van der Waals surface area contributed by atoms with Gasteiger partial charge < -0.3 is 0 Å². The Hall–Kier alpha value is -0.880. The third-order valence-corrected chi connectivity index (χ3v) is 6.51. The Morgan fingerprint density at radius 3 is 2.38 bits per heavy atom. The Balaban J connectivity index is 1.89. The Morgan fingerprint density at radius 2 is 1.86 bits per heavy atom. The van der Waals surface area contributed by atoms with Crippen molar-refractivity contribution in [2.45, 2.75) is 36.2 Å². The number of benzene rings is 1. The summed E-state index contributed by atoms with van der Waals surface area (Å²) in [7, 11) is -3.44. The molecule has 1 aliphatic rings. The molecule has 0 unspecified atom stereocenters. The zero-order chi connectivity index (χ0) is 14.9. The van der Waals surface area contributed by atoms with E-state index in [0.717, 1.165) is 24.0 Å². The summed E-state index contributed by atoms with van der Waals surface area (Å²) in [4.78, 5) is 0.346. The number of hydrogen-bond acceptors (Lipinski definition) is 3. The first kappa shape index (κ1) is 15.0. The molecule has 3 nitrogen and oxygen atoms in total. The van der Waals surface area contributed by atoms with Crippen molar-refractivity contribution in [1.82, 2.24) is 4.31 Å². The van der Waals surface area contributed by atoms with Gasteiger partial charge in [0.25, 0.3) is 0 Å². The minimum Gasteiger partial charge on any atom is -0.207 e. The second kappa shape index (κ2) is 6.08. The minimum absolute atomic E-state index is 0.141. The standard InChI is InChI=1S/C15H16ClNO2S2/c16-9-12-1-5-15(6-2-12)21(18,19)17(14-3-4-14)10-13-7-8-20-11-13/h1-2,5-8,11,14H,3-4,9-10H2. The zero-order valence-electron chi connectivity index (χ0n) is 11.4. The first-order valence-electron chi connectivity index (χ1n) is 6.79. The average Bonchev–Trinajstić information content (AvgIpc) is 3.20. The lowest BCUT2D eigenvalue weighted by molar-refractivity contribution is 0.399. The maximum atomic E-state index is 12.8. The number of rotatable bonds is 6. The van der Waals surface area contributed by atoms with Gasteiger partial charge in [0, 0.05) is 18.5 Å². The molecule has 0 saturated heterocycles. The summed E-state index contributed by atoms with van der Waals surface area (Å²) in [5.41, 5.74) is 1.97. The van der Waals surface area contributed by atoms with Crippen molar-refractivity contribution in [2.75, 3.05) is 0 Å². The van der Waals surface area contributed by atoms with Crippen LogP contribution in [0.15, 0.2) is 46.0 Å². The molecule has 0 N–H and O–H groups in total. The van der Waals surface area contributed by atoms with Crippen molar-refractivity contribution in [3.05, 3.63) is 52.2 Å². The van der Waals surface area contributed by atoms with E-state index in [1.54, 1.807) is 39.9 Å². The van der Waals surface area contributed by atoms with E-state index in [2.05, 4.69) is 0 Å². The molecule has 1 aromatic carbocycles. The lowest BCUT2D eigenvalue weighted by Gasteiger charge is -2.21. The fraction of sp³-hybridized carbons (Fsp3) is 0.333. The van der Waals surface area contributed by atoms with Crippen molar-refractivity contribution in [3.63, 3.8) is 0 Å². The highest BCUT2D eigenvalue weighted by atomic mass is 35.5. The summed E-state index contributed by atoms with van der Waals surface area (Å²) in [6.07, 6.45) is 1.90. The molecule has 2 aromatic rings. The molecule has 112 valence electrons. The molecule has 1 fully saturated rings. The van der Waals surface area contributed by atoms with E-state index >= 15 is 0 Å². The Labute approximate surface area is 134 Å². The van der Waals surface area contributed by atoms with E-state index in [9.17, 15) is 8.42 Å². The van der Waals surface area contributed by atoms with E-state index in [-0.39, 0.29) is 6.04 Å². The zero-order valence-corrected chi connectivity index (χ0v) is 13.8. The summed E-state index contributed by atoms with van der Waals surface area (Å²) in [6, 6.07) is 8.96. The normalized spacial score (nSPS) is 15.5. The molecule has 0 amide bonds. The second-order valence-corrected chi connectivity index (χ2v) is 8.13. The van der Waals surface area contributed by atoms with Gasteiger partial charge >= 0.3 is 0 Å². The van der Waals surface area contributed by atoms with Gasteiger partial charge in [0.05, 0.1) is 4.90 Å². The van der Waals surface area contributed by atoms with Gasteiger partial charge in [-0.15, -0.1) is 11.6 Å². The highest BCUT2D eigenvalue weighted by molar-refractivity contribution is 7.89. The van der Waals surface area contributed by atoms with Gasteiger partial charge in [-0.2, -0.15) is 15.6 Å². The van der Waals surface area contributed by atoms with Crippen LogP contribution in [0.4, 0.5) is 0 Å². The molecular formula is C15H16ClNO2S2. The van der Waals surface area contributed by atoms with Crippen LogP contribution in [0.2, 0.25) is 0 Å². The predicted octanol–water partition coefficient (Wildman–Crippen LogP) is 3.84. The molecule has 1 aliphatic carbocycles. The summed E-state index contributed by atoms with van der Waals surface area (Å²) >= 11 is 7.34. The average molecular weight is 342 g/mol. The van der Waals surface area contributed by atoms with Crippen molar-refractivity contribution in [1.29, 1.82) is 0 Å². The quantitative estimate of drug-likeness (QED) is 0.748. The smallest absolute Gasteiger partial charge is 0.207 e. The fourth-order valence-electron chi connectivity index (χ4n) is 2.22. The first-order valence-corrected chi connectivity index (χ1v) is 9.71. The van der Waals surface area contributed by atoms with Gasteiger partial charge in [0.15, 0.2) is 0 Å². The van der Waals surface area contributed by atoms with Gasteiger partial charge in [-0.1, -0.05) is 12.1 Å². The molecule has 21 heavy (non-hydrogen) atoms. The van der Waals surface area contributed by atoms with Crippen molar-refractivity contribution in [2.24, 2.45) is 0 Å². The highest BCUT2D eigenvalue weighted by Gasteiger charge is 2.38. The van der Waals surface area contributed by atoms with E-state index in [0.29, 0.717) is 17.3 Å². The maximum absolute atomic E-state index is 12.8. The molecule has 1 saturated carbocycles. The van der Waals surface area contributed by atoms with Crippen LogP contribution in [-0.2, 0) is 22.4 Å². The van der Waals surface area contributed by atoms with Crippen LogP contribution in [0.25, 0.3) is 0 Å². The molecule has 0 bridgehead atoms. The topological polar surface area (TPSA) is 37.4 Å². The predicted molar refractivity (Wildman–Crippen MR) is 86.1 cm³/mol. The number of nitrogens with zero attached hydrogens (tertiary/aromatic N) is 1. The highest BCUT2D eigenvalue weighted by Crippen LogP contribution is 2.33. The summed E-state index contributed by atoms with van der Waals surface area (Å²) < 4.78 is 27.3. The van der Waals surface area contributed by atoms with Crippen LogP contribution >= 0.6 is 22.9 Å². The van der Waals surface area contributed by atoms with E-state index in [4.69, 9.17) is 11.6 Å². The molecule has 0 atom stereocenters. The van der Waals surface area contributed by atoms with Crippen LogP contribution in [0, 0.1) is 0 Å². The summed E-state index contributed by atoms with van der Waals surface area (Å²) in [6.45, 7) is 0.452. The van der Waals surface area contributed by atoms with E-state index in [1.165, 1.54) is 0 Å². The fourth-order valence-corrected chi connectivity index (χ4v) is 4.73. The van der Waals surface area contributed by atoms with Crippen molar-refractivity contribution in [3.8, 4) is 0 Å². The molecule has 0 aliphatic heterocycles. The van der Waals surface area contributed by atoms with Crippen LogP contribution in [0.1, 0.15) is 24.0 Å². The summed E-state index contributed by atoms with van der Waals surface area (Å²) in [5.74, 6) is 0.390. The van der Waals surface area contributed by atoms with Crippen molar-refractivity contribution >= 4 is 33.0 Å². The van der Waals surface area contributed by atoms with Crippen molar-refractivity contribution < 1.29 is 8.42 Å². The second-order valence-electron chi connectivity index (χ2n) is 5.19. The van der Waals surface area contributed by atoms with Gasteiger partial charge in [0.1, 0.15) is 0 Å². The third kappa shape index (κ3) is 3.31. The molecule has 6 heteroatoms. The van der Waals surface area contributed by atoms with Gasteiger partial charge in [-0.25, -0.2) is 8.42 Å². The van der Waals surface area contributed by atoms with Crippen LogP contribution in [0.5, 0.6) is 0 Å². The number of thiophene rings is 1. The third-order valence-electron chi connectivity index (χ3n) is 3.56. The number of alkyl halides is 1. The van der Waals surface area contributed by atoms with Gasteiger partial charge in [0.2, 0.25) is 10.0 Å². The number of sulfonamides is 1. The number of hydrogen-bond donors (Lipinski definition) is 0. The molecule has 0 radical (unpaired) electrons. The van der Waals surface area contributed by atoms with Crippen LogP contribution in [0.3, 0.4) is 0 Å². The lowest BCUT2D eigenvalue weighted by atomic mass is 10.2. The molecule has 1 heterocycles. The Morgan fingerprint density at radius 1 is 1.14 bits per heavy atom.